The molecule has 0 heterocycles. The van der Waals surface area contributed by atoms with Crippen LogP contribution in [0.1, 0.15) is 37.8 Å². The minimum Gasteiger partial charge on any atom is -0.493 e. The van der Waals surface area contributed by atoms with Crippen LogP contribution in [-0.4, -0.2) is 19.2 Å². The molecule has 1 aromatic rings. The topological polar surface area (TPSA) is 21.3 Å². The van der Waals surface area contributed by atoms with Gasteiger partial charge in [-0.05, 0) is 43.9 Å². The highest BCUT2D eigenvalue weighted by Crippen LogP contribution is 2.24. The molecule has 1 aliphatic carbocycles. The van der Waals surface area contributed by atoms with Gasteiger partial charge in [-0.2, -0.15) is 0 Å². The van der Waals surface area contributed by atoms with E-state index in [1.807, 2.05) is 0 Å². The van der Waals surface area contributed by atoms with E-state index in [2.05, 4.69) is 51.2 Å². The zero-order valence-electron chi connectivity index (χ0n) is 12.0. The maximum Gasteiger partial charge on any atom is 0.122 e. The van der Waals surface area contributed by atoms with Gasteiger partial charge in [-0.1, -0.05) is 26.0 Å². The van der Waals surface area contributed by atoms with Crippen molar-refractivity contribution in [2.75, 3.05) is 13.2 Å². The van der Waals surface area contributed by atoms with Crippen molar-refractivity contribution in [3.05, 3.63) is 29.3 Å². The summed E-state index contributed by atoms with van der Waals surface area (Å²) in [5, 5.41) is 3.58. The van der Waals surface area contributed by atoms with Crippen molar-refractivity contribution in [3.63, 3.8) is 0 Å². The van der Waals surface area contributed by atoms with Crippen molar-refractivity contribution in [3.8, 4) is 5.75 Å². The van der Waals surface area contributed by atoms with Crippen LogP contribution in [0.5, 0.6) is 5.75 Å². The lowest BCUT2D eigenvalue weighted by Crippen LogP contribution is -2.35. The maximum absolute atomic E-state index is 6.00. The van der Waals surface area contributed by atoms with Crippen LogP contribution in [0.2, 0.25) is 0 Å². The Morgan fingerprint density at radius 2 is 2.00 bits per heavy atom. The van der Waals surface area contributed by atoms with Gasteiger partial charge in [0.1, 0.15) is 5.75 Å². The Labute approximate surface area is 111 Å². The van der Waals surface area contributed by atoms with Gasteiger partial charge in [-0.3, -0.25) is 0 Å². The van der Waals surface area contributed by atoms with Crippen molar-refractivity contribution < 1.29 is 4.74 Å². The molecule has 0 amide bonds. The molecule has 0 radical (unpaired) electrons. The van der Waals surface area contributed by atoms with Crippen molar-refractivity contribution in [1.82, 2.24) is 5.32 Å². The monoisotopic (exact) mass is 247 g/mol. The first-order valence-electron chi connectivity index (χ1n) is 6.90. The van der Waals surface area contributed by atoms with Gasteiger partial charge in [0.2, 0.25) is 0 Å². The molecule has 1 saturated carbocycles. The summed E-state index contributed by atoms with van der Waals surface area (Å²) in [6, 6.07) is 7.15. The van der Waals surface area contributed by atoms with Crippen LogP contribution < -0.4 is 10.1 Å². The van der Waals surface area contributed by atoms with Crippen LogP contribution in [0.4, 0.5) is 0 Å². The fourth-order valence-electron chi connectivity index (χ4n) is 1.90. The minimum atomic E-state index is 0.179. The molecule has 0 aliphatic heterocycles. The van der Waals surface area contributed by atoms with E-state index in [-0.39, 0.29) is 5.41 Å². The summed E-state index contributed by atoms with van der Waals surface area (Å²) in [6.45, 7) is 10.5. The van der Waals surface area contributed by atoms with E-state index in [0.29, 0.717) is 0 Å². The standard InChI is InChI=1S/C16H25NO/c1-12-5-6-13(2)15(9-12)18-11-16(3,4)10-17-14-7-8-14/h5-6,9,14,17H,7-8,10-11H2,1-4H3. The number of hydrogen-bond acceptors (Lipinski definition) is 2. The van der Waals surface area contributed by atoms with Gasteiger partial charge in [0.15, 0.2) is 0 Å². The average Bonchev–Trinajstić information content (AvgIpc) is 3.12. The van der Waals surface area contributed by atoms with Gasteiger partial charge in [0, 0.05) is 18.0 Å². The van der Waals surface area contributed by atoms with Gasteiger partial charge < -0.3 is 10.1 Å². The molecule has 0 bridgehead atoms. The highest BCUT2D eigenvalue weighted by atomic mass is 16.5. The van der Waals surface area contributed by atoms with Crippen LogP contribution in [0.3, 0.4) is 0 Å². The Kier molecular flexibility index (Phi) is 3.96. The fourth-order valence-corrected chi connectivity index (χ4v) is 1.90. The molecule has 100 valence electrons. The number of ether oxygens (including phenoxy) is 1. The van der Waals surface area contributed by atoms with Gasteiger partial charge in [0.25, 0.3) is 0 Å². The Morgan fingerprint density at radius 1 is 1.28 bits per heavy atom. The van der Waals surface area contributed by atoms with Gasteiger partial charge in [-0.25, -0.2) is 0 Å². The third kappa shape index (κ3) is 4.02. The van der Waals surface area contributed by atoms with E-state index in [1.165, 1.54) is 24.0 Å². The third-order valence-electron chi connectivity index (χ3n) is 3.41. The molecule has 0 saturated heterocycles. The largest absolute Gasteiger partial charge is 0.493 e. The van der Waals surface area contributed by atoms with Crippen LogP contribution in [0.15, 0.2) is 18.2 Å². The van der Waals surface area contributed by atoms with Crippen molar-refractivity contribution >= 4 is 0 Å². The Bertz CT molecular complexity index is 408. The molecule has 2 nitrogen and oxygen atoms in total. The predicted molar refractivity (Wildman–Crippen MR) is 76.2 cm³/mol. The zero-order valence-corrected chi connectivity index (χ0v) is 12.0. The molecule has 1 aliphatic rings. The molecule has 1 aromatic carbocycles. The fraction of sp³-hybridized carbons (Fsp3) is 0.625. The Hall–Kier alpha value is -1.02. The van der Waals surface area contributed by atoms with E-state index in [4.69, 9.17) is 4.74 Å². The molecular formula is C16H25NO. The minimum absolute atomic E-state index is 0.179. The first-order valence-corrected chi connectivity index (χ1v) is 6.90. The number of rotatable bonds is 6. The van der Waals surface area contributed by atoms with Gasteiger partial charge in [-0.15, -0.1) is 0 Å². The van der Waals surface area contributed by atoms with Crippen molar-refractivity contribution in [1.29, 1.82) is 0 Å². The van der Waals surface area contributed by atoms with E-state index < -0.39 is 0 Å². The summed E-state index contributed by atoms with van der Waals surface area (Å²) in [5.74, 6) is 1.02. The second kappa shape index (κ2) is 5.31. The maximum atomic E-state index is 6.00. The summed E-state index contributed by atoms with van der Waals surface area (Å²) in [7, 11) is 0. The Morgan fingerprint density at radius 3 is 2.67 bits per heavy atom. The SMILES string of the molecule is Cc1ccc(C)c(OCC(C)(C)CNC2CC2)c1. The van der Waals surface area contributed by atoms with Crippen LogP contribution in [0, 0.1) is 19.3 Å². The molecule has 0 unspecified atom stereocenters. The first-order chi connectivity index (χ1) is 8.46. The van der Waals surface area contributed by atoms with E-state index in [1.54, 1.807) is 0 Å². The molecule has 2 rings (SSSR count). The molecular weight excluding hydrogens is 222 g/mol. The molecule has 2 heteroatoms. The third-order valence-corrected chi connectivity index (χ3v) is 3.41. The Balaban J connectivity index is 1.86. The molecule has 0 aromatic heterocycles. The second-order valence-corrected chi connectivity index (χ2v) is 6.38. The molecule has 1 N–H and O–H groups in total. The predicted octanol–water partition coefficient (Wildman–Crippen LogP) is 3.46. The average molecular weight is 247 g/mol. The normalized spacial score (nSPS) is 15.8. The van der Waals surface area contributed by atoms with Crippen LogP contribution in [0.25, 0.3) is 0 Å². The van der Waals surface area contributed by atoms with Gasteiger partial charge >= 0.3 is 0 Å². The summed E-state index contributed by atoms with van der Waals surface area (Å²) in [6.07, 6.45) is 2.68. The smallest absolute Gasteiger partial charge is 0.122 e. The van der Waals surface area contributed by atoms with Crippen LogP contribution in [-0.2, 0) is 0 Å². The molecule has 18 heavy (non-hydrogen) atoms. The summed E-state index contributed by atoms with van der Waals surface area (Å²) in [4.78, 5) is 0. The first kappa shape index (κ1) is 13.4. The van der Waals surface area contributed by atoms with E-state index >= 15 is 0 Å². The highest BCUT2D eigenvalue weighted by Gasteiger charge is 2.25. The lowest BCUT2D eigenvalue weighted by Gasteiger charge is -2.25. The number of aryl methyl sites for hydroxylation is 2. The summed E-state index contributed by atoms with van der Waals surface area (Å²) in [5.41, 5.74) is 2.65. The number of benzene rings is 1. The number of hydrogen-bond donors (Lipinski definition) is 1. The van der Waals surface area contributed by atoms with E-state index in [0.717, 1.165) is 24.9 Å². The highest BCUT2D eigenvalue weighted by molar-refractivity contribution is 5.35. The van der Waals surface area contributed by atoms with Crippen LogP contribution >= 0.6 is 0 Å². The summed E-state index contributed by atoms with van der Waals surface area (Å²) < 4.78 is 6.00. The molecule has 0 spiro atoms. The second-order valence-electron chi connectivity index (χ2n) is 6.38. The quantitative estimate of drug-likeness (QED) is 0.831. The number of nitrogens with one attached hydrogen (secondary N) is 1. The zero-order chi connectivity index (χ0) is 13.2. The molecule has 1 fully saturated rings. The lowest BCUT2D eigenvalue weighted by molar-refractivity contribution is 0.175. The van der Waals surface area contributed by atoms with E-state index in [9.17, 15) is 0 Å². The summed E-state index contributed by atoms with van der Waals surface area (Å²) >= 11 is 0. The van der Waals surface area contributed by atoms with Gasteiger partial charge in [0.05, 0.1) is 6.61 Å². The van der Waals surface area contributed by atoms with Crippen molar-refractivity contribution in [2.45, 2.75) is 46.6 Å². The molecule has 0 atom stereocenters. The van der Waals surface area contributed by atoms with Crippen molar-refractivity contribution in [2.24, 2.45) is 5.41 Å². The lowest BCUT2D eigenvalue weighted by atomic mass is 9.94.